The number of alkyl halides is 1. The molecule has 0 radical (unpaired) electrons. The number of hydrogen-bond donors (Lipinski definition) is 0. The minimum Gasteiger partial charge on any atom is -0.367 e. The third-order valence-electron chi connectivity index (χ3n) is 3.18. The van der Waals surface area contributed by atoms with Gasteiger partial charge in [-0.15, -0.1) is 0 Å². The SMILES string of the molecule is N#CCCN(c1ccc([N+](=O)[O-])cc1CBr)C1CC1. The van der Waals surface area contributed by atoms with E-state index in [1.54, 1.807) is 12.1 Å². The molecule has 0 bridgehead atoms. The van der Waals surface area contributed by atoms with E-state index < -0.39 is 0 Å². The highest BCUT2D eigenvalue weighted by atomic mass is 79.9. The van der Waals surface area contributed by atoms with E-state index in [0.29, 0.717) is 24.3 Å². The standard InChI is InChI=1S/C13H14BrN3O2/c14-9-10-8-12(17(18)19)4-5-13(10)16(7-1-6-15)11-2-3-11/h4-5,8,11H,1-3,7,9H2. The molecular formula is C13H14BrN3O2. The second-order valence-electron chi connectivity index (χ2n) is 4.54. The second kappa shape index (κ2) is 6.02. The van der Waals surface area contributed by atoms with Gasteiger partial charge in [-0.3, -0.25) is 10.1 Å². The first-order chi connectivity index (χ1) is 9.17. The molecule has 1 aliphatic rings. The first-order valence-electron chi connectivity index (χ1n) is 6.14. The van der Waals surface area contributed by atoms with Crippen LogP contribution in [-0.2, 0) is 5.33 Å². The third kappa shape index (κ3) is 3.24. The van der Waals surface area contributed by atoms with Crippen LogP contribution in [0.2, 0.25) is 0 Å². The van der Waals surface area contributed by atoms with Gasteiger partial charge in [0.1, 0.15) is 0 Å². The number of nitro benzene ring substituents is 1. The number of nitriles is 1. The highest BCUT2D eigenvalue weighted by Gasteiger charge is 2.30. The van der Waals surface area contributed by atoms with Gasteiger partial charge in [0.05, 0.1) is 17.4 Å². The Balaban J connectivity index is 2.30. The maximum absolute atomic E-state index is 10.8. The number of nitrogens with zero attached hydrogens (tertiary/aromatic N) is 3. The van der Waals surface area contributed by atoms with Crippen LogP contribution < -0.4 is 4.90 Å². The van der Waals surface area contributed by atoms with Crippen LogP contribution in [0.15, 0.2) is 18.2 Å². The lowest BCUT2D eigenvalue weighted by atomic mass is 10.1. The zero-order valence-electron chi connectivity index (χ0n) is 10.4. The van der Waals surface area contributed by atoms with Gasteiger partial charge in [-0.1, -0.05) is 15.9 Å². The number of nitro groups is 1. The van der Waals surface area contributed by atoms with E-state index in [-0.39, 0.29) is 10.6 Å². The van der Waals surface area contributed by atoms with Gasteiger partial charge in [-0.25, -0.2) is 0 Å². The van der Waals surface area contributed by atoms with Crippen molar-refractivity contribution >= 4 is 27.3 Å². The molecular weight excluding hydrogens is 310 g/mol. The van der Waals surface area contributed by atoms with Crippen LogP contribution in [0.5, 0.6) is 0 Å². The molecule has 100 valence electrons. The Kier molecular flexibility index (Phi) is 4.38. The van der Waals surface area contributed by atoms with Crippen molar-refractivity contribution in [3.63, 3.8) is 0 Å². The molecule has 0 unspecified atom stereocenters. The van der Waals surface area contributed by atoms with Gasteiger partial charge in [-0.05, 0) is 24.5 Å². The largest absolute Gasteiger partial charge is 0.367 e. The molecule has 0 spiro atoms. The monoisotopic (exact) mass is 323 g/mol. The van der Waals surface area contributed by atoms with Gasteiger partial charge in [0.15, 0.2) is 0 Å². The first-order valence-corrected chi connectivity index (χ1v) is 7.26. The van der Waals surface area contributed by atoms with Gasteiger partial charge in [0, 0.05) is 35.7 Å². The Labute approximate surface area is 120 Å². The molecule has 0 amide bonds. The molecule has 5 nitrogen and oxygen atoms in total. The lowest BCUT2D eigenvalue weighted by Crippen LogP contribution is -2.27. The van der Waals surface area contributed by atoms with Crippen molar-refractivity contribution in [1.29, 1.82) is 5.26 Å². The average Bonchev–Trinajstić information content (AvgIpc) is 3.23. The van der Waals surface area contributed by atoms with Crippen LogP contribution in [0.1, 0.15) is 24.8 Å². The van der Waals surface area contributed by atoms with Crippen LogP contribution in [0.25, 0.3) is 0 Å². The van der Waals surface area contributed by atoms with Gasteiger partial charge in [-0.2, -0.15) is 5.26 Å². The van der Waals surface area contributed by atoms with E-state index in [9.17, 15) is 10.1 Å². The number of rotatable bonds is 6. The Hall–Kier alpha value is -1.61. The summed E-state index contributed by atoms with van der Waals surface area (Å²) in [6.07, 6.45) is 2.73. The summed E-state index contributed by atoms with van der Waals surface area (Å²) in [6, 6.07) is 7.57. The number of non-ortho nitro benzene ring substituents is 1. The lowest BCUT2D eigenvalue weighted by Gasteiger charge is -2.25. The average molecular weight is 324 g/mol. The number of anilines is 1. The van der Waals surface area contributed by atoms with E-state index in [1.807, 2.05) is 0 Å². The van der Waals surface area contributed by atoms with E-state index in [0.717, 1.165) is 24.1 Å². The summed E-state index contributed by atoms with van der Waals surface area (Å²) in [6.45, 7) is 0.680. The van der Waals surface area contributed by atoms with Crippen molar-refractivity contribution in [3.8, 4) is 6.07 Å². The van der Waals surface area contributed by atoms with Crippen molar-refractivity contribution in [3.05, 3.63) is 33.9 Å². The minimum atomic E-state index is -0.382. The molecule has 0 aliphatic heterocycles. The predicted molar refractivity (Wildman–Crippen MR) is 76.3 cm³/mol. The Bertz CT molecular complexity index is 523. The van der Waals surface area contributed by atoms with Crippen LogP contribution >= 0.6 is 15.9 Å². The highest BCUT2D eigenvalue weighted by molar-refractivity contribution is 9.08. The number of benzene rings is 1. The maximum atomic E-state index is 10.8. The smallest absolute Gasteiger partial charge is 0.269 e. The summed E-state index contributed by atoms with van der Waals surface area (Å²) in [5.74, 6) is 0. The number of hydrogen-bond acceptors (Lipinski definition) is 4. The van der Waals surface area contributed by atoms with E-state index in [2.05, 4.69) is 26.9 Å². The molecule has 19 heavy (non-hydrogen) atoms. The normalized spacial score (nSPS) is 13.9. The van der Waals surface area contributed by atoms with Crippen molar-refractivity contribution in [1.82, 2.24) is 0 Å². The van der Waals surface area contributed by atoms with E-state index in [4.69, 9.17) is 5.26 Å². The highest BCUT2D eigenvalue weighted by Crippen LogP contribution is 2.35. The minimum absolute atomic E-state index is 0.106. The molecule has 6 heteroatoms. The summed E-state index contributed by atoms with van der Waals surface area (Å²) < 4.78 is 0. The van der Waals surface area contributed by atoms with Crippen molar-refractivity contribution < 1.29 is 4.92 Å². The second-order valence-corrected chi connectivity index (χ2v) is 5.10. The van der Waals surface area contributed by atoms with Crippen LogP contribution in [0, 0.1) is 21.4 Å². The van der Waals surface area contributed by atoms with E-state index in [1.165, 1.54) is 6.07 Å². The Morgan fingerprint density at radius 2 is 2.26 bits per heavy atom. The molecule has 0 atom stereocenters. The fourth-order valence-corrected chi connectivity index (χ4v) is 2.58. The third-order valence-corrected chi connectivity index (χ3v) is 3.78. The summed E-state index contributed by atoms with van der Waals surface area (Å²) in [5.41, 5.74) is 2.01. The molecule has 1 aromatic rings. The molecule has 0 aromatic heterocycles. The molecule has 2 rings (SSSR count). The van der Waals surface area contributed by atoms with Crippen molar-refractivity contribution in [2.45, 2.75) is 30.6 Å². The van der Waals surface area contributed by atoms with Crippen LogP contribution in [-0.4, -0.2) is 17.5 Å². The van der Waals surface area contributed by atoms with Gasteiger partial charge in [0.2, 0.25) is 0 Å². The lowest BCUT2D eigenvalue weighted by molar-refractivity contribution is -0.384. The molecule has 0 saturated heterocycles. The molecule has 0 heterocycles. The van der Waals surface area contributed by atoms with Gasteiger partial charge >= 0.3 is 0 Å². The van der Waals surface area contributed by atoms with Gasteiger partial charge in [0.25, 0.3) is 5.69 Å². The fraction of sp³-hybridized carbons (Fsp3) is 0.462. The Morgan fingerprint density at radius 1 is 1.53 bits per heavy atom. The molecule has 1 aliphatic carbocycles. The molecule has 1 fully saturated rings. The summed E-state index contributed by atoms with van der Waals surface area (Å²) in [5, 5.41) is 20.1. The first kappa shape index (κ1) is 13.8. The summed E-state index contributed by atoms with van der Waals surface area (Å²) in [4.78, 5) is 12.6. The zero-order valence-corrected chi connectivity index (χ0v) is 12.0. The molecule has 1 aromatic carbocycles. The van der Waals surface area contributed by atoms with Crippen molar-refractivity contribution in [2.75, 3.05) is 11.4 Å². The summed E-state index contributed by atoms with van der Waals surface area (Å²) in [7, 11) is 0. The molecule has 0 N–H and O–H groups in total. The van der Waals surface area contributed by atoms with Crippen LogP contribution in [0.3, 0.4) is 0 Å². The maximum Gasteiger partial charge on any atom is 0.269 e. The fourth-order valence-electron chi connectivity index (χ4n) is 2.13. The summed E-state index contributed by atoms with van der Waals surface area (Å²) >= 11 is 3.38. The zero-order chi connectivity index (χ0) is 13.8. The molecule has 1 saturated carbocycles. The Morgan fingerprint density at radius 3 is 2.79 bits per heavy atom. The quantitative estimate of drug-likeness (QED) is 0.457. The van der Waals surface area contributed by atoms with Crippen molar-refractivity contribution in [2.24, 2.45) is 0 Å². The predicted octanol–water partition coefficient (Wildman–Crippen LogP) is 3.37. The van der Waals surface area contributed by atoms with Gasteiger partial charge < -0.3 is 4.90 Å². The number of halogens is 1. The van der Waals surface area contributed by atoms with Crippen LogP contribution in [0.4, 0.5) is 11.4 Å². The topological polar surface area (TPSA) is 70.2 Å². The van der Waals surface area contributed by atoms with E-state index >= 15 is 0 Å².